The summed E-state index contributed by atoms with van der Waals surface area (Å²) < 4.78 is 15.9. The average Bonchev–Trinajstić information content (AvgIpc) is 3.34. The van der Waals surface area contributed by atoms with Gasteiger partial charge in [0.05, 0.1) is 24.1 Å². The number of aromatic nitrogens is 6. The van der Waals surface area contributed by atoms with Gasteiger partial charge in [-0.1, -0.05) is 38.1 Å². The Labute approximate surface area is 188 Å². The standard InChI is InChI=1S/C21H17FN8O.C2H6/c1-29(13-6-3-2-4-7-13)30-16(28-15-9-5-8-14(22)17(15)21(30)31)10-23-19-18-20(25-11-24-18)27-12-26-19;1-2/h2-9,11-12H,10H2,1H3,(H2,23,24,25,26,27);1-2H3. The van der Waals surface area contributed by atoms with Crippen molar-refractivity contribution in [1.29, 1.82) is 0 Å². The van der Waals surface area contributed by atoms with Gasteiger partial charge in [-0.25, -0.2) is 29.0 Å². The monoisotopic (exact) mass is 446 g/mol. The van der Waals surface area contributed by atoms with Gasteiger partial charge < -0.3 is 10.3 Å². The van der Waals surface area contributed by atoms with E-state index >= 15 is 0 Å². The fourth-order valence-electron chi connectivity index (χ4n) is 3.47. The first-order valence-corrected chi connectivity index (χ1v) is 10.5. The van der Waals surface area contributed by atoms with E-state index < -0.39 is 11.4 Å². The Morgan fingerprint density at radius 2 is 1.85 bits per heavy atom. The molecule has 0 unspecified atom stereocenters. The number of benzene rings is 2. The van der Waals surface area contributed by atoms with E-state index in [0.29, 0.717) is 22.8 Å². The van der Waals surface area contributed by atoms with Crippen LogP contribution in [0.2, 0.25) is 0 Å². The second-order valence-electron chi connectivity index (χ2n) is 6.82. The molecule has 0 aliphatic heterocycles. The van der Waals surface area contributed by atoms with Crippen molar-refractivity contribution in [2.75, 3.05) is 17.4 Å². The summed E-state index contributed by atoms with van der Waals surface area (Å²) >= 11 is 0. The number of aromatic amines is 1. The van der Waals surface area contributed by atoms with Crippen molar-refractivity contribution in [3.8, 4) is 0 Å². The topological polar surface area (TPSA) is 105 Å². The van der Waals surface area contributed by atoms with Crippen molar-refractivity contribution in [3.63, 3.8) is 0 Å². The fraction of sp³-hybridized carbons (Fsp3) is 0.174. The van der Waals surface area contributed by atoms with E-state index in [-0.39, 0.29) is 17.4 Å². The second-order valence-corrected chi connectivity index (χ2v) is 6.82. The highest BCUT2D eigenvalue weighted by atomic mass is 19.1. The zero-order chi connectivity index (χ0) is 23.4. The minimum atomic E-state index is -0.611. The molecule has 0 saturated carbocycles. The van der Waals surface area contributed by atoms with Gasteiger partial charge in [-0.05, 0) is 24.3 Å². The molecule has 3 aromatic heterocycles. The number of imidazole rings is 1. The molecular weight excluding hydrogens is 423 g/mol. The largest absolute Gasteiger partial charge is 0.361 e. The third kappa shape index (κ3) is 4.10. The summed E-state index contributed by atoms with van der Waals surface area (Å²) in [5.41, 5.74) is 1.69. The summed E-state index contributed by atoms with van der Waals surface area (Å²) in [5, 5.41) is 4.76. The van der Waals surface area contributed by atoms with E-state index in [9.17, 15) is 9.18 Å². The molecule has 0 bridgehead atoms. The molecule has 0 saturated heterocycles. The molecule has 3 heterocycles. The number of para-hydroxylation sites is 1. The maximum absolute atomic E-state index is 14.5. The van der Waals surface area contributed by atoms with Crippen LogP contribution in [0.4, 0.5) is 15.9 Å². The zero-order valence-corrected chi connectivity index (χ0v) is 18.5. The van der Waals surface area contributed by atoms with Gasteiger partial charge in [0.1, 0.15) is 23.0 Å². The van der Waals surface area contributed by atoms with Crippen molar-refractivity contribution in [2.24, 2.45) is 0 Å². The smallest absolute Gasteiger partial charge is 0.283 e. The van der Waals surface area contributed by atoms with Gasteiger partial charge in [0.25, 0.3) is 5.56 Å². The molecule has 9 nitrogen and oxygen atoms in total. The number of rotatable bonds is 5. The van der Waals surface area contributed by atoms with Crippen molar-refractivity contribution in [3.05, 3.63) is 83.2 Å². The predicted octanol–water partition coefficient (Wildman–Crippen LogP) is 3.74. The van der Waals surface area contributed by atoms with Crippen LogP contribution in [0, 0.1) is 5.82 Å². The van der Waals surface area contributed by atoms with Crippen LogP contribution in [0.5, 0.6) is 0 Å². The van der Waals surface area contributed by atoms with Gasteiger partial charge in [-0.15, -0.1) is 0 Å². The molecular formula is C23H23FN8O. The van der Waals surface area contributed by atoms with E-state index in [1.54, 1.807) is 18.1 Å². The summed E-state index contributed by atoms with van der Waals surface area (Å²) in [5.74, 6) is 0.297. The van der Waals surface area contributed by atoms with Gasteiger partial charge in [0.2, 0.25) is 0 Å². The lowest BCUT2D eigenvalue weighted by molar-refractivity contribution is 0.628. The molecule has 2 aromatic carbocycles. The van der Waals surface area contributed by atoms with Crippen LogP contribution in [0.25, 0.3) is 22.1 Å². The molecule has 5 aromatic rings. The number of anilines is 2. The van der Waals surface area contributed by atoms with Crippen LogP contribution < -0.4 is 15.9 Å². The minimum absolute atomic E-state index is 0.0629. The molecule has 2 N–H and O–H groups in total. The van der Waals surface area contributed by atoms with E-state index in [1.807, 2.05) is 44.2 Å². The number of nitrogens with one attached hydrogen (secondary N) is 2. The Kier molecular flexibility index (Phi) is 6.25. The third-order valence-electron chi connectivity index (χ3n) is 4.96. The minimum Gasteiger partial charge on any atom is -0.361 e. The lowest BCUT2D eigenvalue weighted by atomic mass is 10.2. The normalized spacial score (nSPS) is 10.7. The SMILES string of the molecule is CC.CN(c1ccccc1)n1c(CNc2ncnc3nc[nH]c23)nc2cccc(F)c2c1=O. The lowest BCUT2D eigenvalue weighted by Crippen LogP contribution is -2.39. The van der Waals surface area contributed by atoms with Gasteiger partial charge in [0, 0.05) is 7.05 Å². The van der Waals surface area contributed by atoms with Gasteiger partial charge in [0.15, 0.2) is 17.3 Å². The first kappa shape index (κ1) is 21.9. The Morgan fingerprint density at radius 3 is 2.64 bits per heavy atom. The maximum Gasteiger partial charge on any atom is 0.283 e. The number of halogens is 1. The summed E-state index contributed by atoms with van der Waals surface area (Å²) in [6.07, 6.45) is 2.93. The number of nitrogens with zero attached hydrogens (tertiary/aromatic N) is 6. The van der Waals surface area contributed by atoms with E-state index in [4.69, 9.17) is 0 Å². The number of hydrogen-bond donors (Lipinski definition) is 2. The Bertz CT molecular complexity index is 1450. The number of fused-ring (bicyclic) bond motifs is 2. The van der Waals surface area contributed by atoms with E-state index in [0.717, 1.165) is 5.69 Å². The highest BCUT2D eigenvalue weighted by Crippen LogP contribution is 2.19. The van der Waals surface area contributed by atoms with Crippen molar-refractivity contribution in [2.45, 2.75) is 20.4 Å². The van der Waals surface area contributed by atoms with Crippen molar-refractivity contribution < 1.29 is 4.39 Å². The first-order valence-electron chi connectivity index (χ1n) is 10.5. The maximum atomic E-state index is 14.5. The molecule has 0 spiro atoms. The lowest BCUT2D eigenvalue weighted by Gasteiger charge is -2.25. The van der Waals surface area contributed by atoms with Crippen molar-refractivity contribution >= 4 is 33.6 Å². The predicted molar refractivity (Wildman–Crippen MR) is 127 cm³/mol. The molecule has 0 fully saturated rings. The Morgan fingerprint density at radius 1 is 1.06 bits per heavy atom. The number of H-pyrrole nitrogens is 1. The molecule has 0 radical (unpaired) electrons. The van der Waals surface area contributed by atoms with Crippen molar-refractivity contribution in [1.82, 2.24) is 29.6 Å². The fourth-order valence-corrected chi connectivity index (χ4v) is 3.47. The zero-order valence-electron chi connectivity index (χ0n) is 18.5. The molecule has 33 heavy (non-hydrogen) atoms. The summed E-state index contributed by atoms with van der Waals surface area (Å²) in [4.78, 5) is 33.4. The summed E-state index contributed by atoms with van der Waals surface area (Å²) in [7, 11) is 1.73. The Hall–Kier alpha value is -4.34. The second kappa shape index (κ2) is 9.43. The van der Waals surface area contributed by atoms with E-state index in [1.165, 1.54) is 29.5 Å². The average molecular weight is 446 g/mol. The third-order valence-corrected chi connectivity index (χ3v) is 4.96. The summed E-state index contributed by atoms with van der Waals surface area (Å²) in [6, 6.07) is 13.7. The quantitative estimate of drug-likeness (QED) is 0.424. The van der Waals surface area contributed by atoms with Crippen LogP contribution in [0.15, 0.2) is 66.0 Å². The molecule has 0 aliphatic rings. The van der Waals surface area contributed by atoms with Gasteiger partial charge >= 0.3 is 0 Å². The summed E-state index contributed by atoms with van der Waals surface area (Å²) in [6.45, 7) is 4.16. The molecule has 5 rings (SSSR count). The van der Waals surface area contributed by atoms with Gasteiger partial charge in [-0.2, -0.15) is 0 Å². The highest BCUT2D eigenvalue weighted by Gasteiger charge is 2.18. The van der Waals surface area contributed by atoms with Crippen LogP contribution in [0.3, 0.4) is 0 Å². The molecule has 168 valence electrons. The van der Waals surface area contributed by atoms with Crippen LogP contribution in [0.1, 0.15) is 19.7 Å². The first-order chi connectivity index (χ1) is 16.1. The van der Waals surface area contributed by atoms with Crippen LogP contribution >= 0.6 is 0 Å². The van der Waals surface area contributed by atoms with Crippen LogP contribution in [-0.2, 0) is 6.54 Å². The highest BCUT2D eigenvalue weighted by molar-refractivity contribution is 5.82. The molecule has 0 atom stereocenters. The molecule has 0 amide bonds. The van der Waals surface area contributed by atoms with Crippen LogP contribution in [-0.4, -0.2) is 36.6 Å². The molecule has 10 heteroatoms. The molecule has 0 aliphatic carbocycles. The van der Waals surface area contributed by atoms with E-state index in [2.05, 4.69) is 30.2 Å². The van der Waals surface area contributed by atoms with Gasteiger partial charge in [-0.3, -0.25) is 9.80 Å². The Balaban J connectivity index is 0.00000126. The number of hydrogen-bond acceptors (Lipinski definition) is 7.